The van der Waals surface area contributed by atoms with Crippen molar-refractivity contribution in [2.75, 3.05) is 36.6 Å². The van der Waals surface area contributed by atoms with Gasteiger partial charge in [0.25, 0.3) is 0 Å². The van der Waals surface area contributed by atoms with Gasteiger partial charge >= 0.3 is 0 Å². The minimum Gasteiger partial charge on any atom is -0.368 e. The van der Waals surface area contributed by atoms with E-state index in [0.29, 0.717) is 18.4 Å². The number of hydrogen-bond acceptors (Lipinski definition) is 8. The Morgan fingerprint density at radius 1 is 1.26 bits per heavy atom. The second-order valence-corrected chi connectivity index (χ2v) is 5.31. The third kappa shape index (κ3) is 3.75. The van der Waals surface area contributed by atoms with E-state index in [1.807, 2.05) is 21.0 Å². The first-order valence-corrected chi connectivity index (χ1v) is 6.76. The van der Waals surface area contributed by atoms with Gasteiger partial charge in [-0.3, -0.25) is 0 Å². The van der Waals surface area contributed by atoms with E-state index in [2.05, 4.69) is 30.6 Å². The Morgan fingerprint density at radius 3 is 2.68 bits per heavy atom. The molecule has 3 N–H and O–H groups in total. The Morgan fingerprint density at radius 2 is 2.05 bits per heavy atom. The first-order chi connectivity index (χ1) is 9.04. The largest absolute Gasteiger partial charge is 0.368 e. The molecule has 2 aromatic heterocycles. The molecule has 0 unspecified atom stereocenters. The van der Waals surface area contributed by atoms with Gasteiger partial charge in [-0.25, -0.2) is 4.98 Å². The molecule has 102 valence electrons. The van der Waals surface area contributed by atoms with E-state index in [1.165, 1.54) is 0 Å². The summed E-state index contributed by atoms with van der Waals surface area (Å²) in [6.45, 7) is 2.71. The topological polar surface area (TPSA) is 92.8 Å². The van der Waals surface area contributed by atoms with Gasteiger partial charge in [0, 0.05) is 32.4 Å². The molecule has 0 spiro atoms. The second-order valence-electron chi connectivity index (χ2n) is 4.25. The van der Waals surface area contributed by atoms with Crippen LogP contribution >= 0.6 is 11.3 Å². The summed E-state index contributed by atoms with van der Waals surface area (Å²) in [6.07, 6.45) is 0.827. The normalized spacial score (nSPS) is 10.5. The van der Waals surface area contributed by atoms with Crippen molar-refractivity contribution < 1.29 is 0 Å². The molecule has 0 aromatic carbocycles. The average Bonchev–Trinajstić information content (AvgIpc) is 2.74. The highest BCUT2D eigenvalue weighted by molar-refractivity contribution is 7.09. The van der Waals surface area contributed by atoms with Crippen molar-refractivity contribution in [3.8, 4) is 0 Å². The molecule has 7 nitrogen and oxygen atoms in total. The average molecular weight is 279 g/mol. The van der Waals surface area contributed by atoms with Crippen molar-refractivity contribution in [1.82, 2.24) is 19.9 Å². The maximum absolute atomic E-state index is 5.64. The summed E-state index contributed by atoms with van der Waals surface area (Å²) < 4.78 is 0. The molecule has 2 aromatic rings. The fourth-order valence-electron chi connectivity index (χ4n) is 1.49. The van der Waals surface area contributed by atoms with Crippen molar-refractivity contribution in [3.05, 3.63) is 16.1 Å². The fourth-order valence-corrected chi connectivity index (χ4v) is 2.13. The second kappa shape index (κ2) is 5.79. The molecule has 0 radical (unpaired) electrons. The van der Waals surface area contributed by atoms with Crippen molar-refractivity contribution >= 4 is 29.2 Å². The maximum atomic E-state index is 5.64. The molecule has 0 aliphatic carbocycles. The van der Waals surface area contributed by atoms with E-state index in [1.54, 1.807) is 16.2 Å². The summed E-state index contributed by atoms with van der Waals surface area (Å²) in [5.41, 5.74) is 6.72. The lowest BCUT2D eigenvalue weighted by Gasteiger charge is -2.11. The smallest absolute Gasteiger partial charge is 0.231 e. The van der Waals surface area contributed by atoms with Gasteiger partial charge in [0.1, 0.15) is 0 Å². The van der Waals surface area contributed by atoms with Crippen LogP contribution in [0.3, 0.4) is 0 Å². The molecule has 0 bridgehead atoms. The Balaban J connectivity index is 1.95. The van der Waals surface area contributed by atoms with E-state index in [9.17, 15) is 0 Å². The van der Waals surface area contributed by atoms with E-state index in [4.69, 9.17) is 5.73 Å². The van der Waals surface area contributed by atoms with Gasteiger partial charge in [0.2, 0.25) is 17.8 Å². The Bertz CT molecular complexity index is 552. The van der Waals surface area contributed by atoms with Crippen LogP contribution in [0.25, 0.3) is 0 Å². The highest BCUT2D eigenvalue weighted by atomic mass is 32.1. The van der Waals surface area contributed by atoms with Gasteiger partial charge in [-0.2, -0.15) is 15.0 Å². The lowest BCUT2D eigenvalue weighted by atomic mass is 10.3. The lowest BCUT2D eigenvalue weighted by Crippen LogP contribution is -2.17. The van der Waals surface area contributed by atoms with E-state index in [0.717, 1.165) is 17.1 Å². The minimum absolute atomic E-state index is 0.214. The predicted molar refractivity (Wildman–Crippen MR) is 77.6 cm³/mol. The summed E-state index contributed by atoms with van der Waals surface area (Å²) in [6, 6.07) is 0. The van der Waals surface area contributed by atoms with Crippen molar-refractivity contribution in [2.24, 2.45) is 0 Å². The number of hydrogen-bond donors (Lipinski definition) is 2. The van der Waals surface area contributed by atoms with E-state index >= 15 is 0 Å². The summed E-state index contributed by atoms with van der Waals surface area (Å²) >= 11 is 1.65. The van der Waals surface area contributed by atoms with Crippen LogP contribution < -0.4 is 16.0 Å². The van der Waals surface area contributed by atoms with Gasteiger partial charge in [0.05, 0.1) is 10.7 Å². The molecular weight excluding hydrogens is 262 g/mol. The van der Waals surface area contributed by atoms with Crippen LogP contribution in [0.15, 0.2) is 5.38 Å². The van der Waals surface area contributed by atoms with Crippen molar-refractivity contribution in [2.45, 2.75) is 13.3 Å². The van der Waals surface area contributed by atoms with Crippen LogP contribution in [0.5, 0.6) is 0 Å². The summed E-state index contributed by atoms with van der Waals surface area (Å²) in [4.78, 5) is 18.5. The summed E-state index contributed by atoms with van der Waals surface area (Å²) in [5.74, 6) is 1.24. The quantitative estimate of drug-likeness (QED) is 0.841. The number of anilines is 3. The molecule has 8 heteroatoms. The molecule has 0 fully saturated rings. The molecule has 19 heavy (non-hydrogen) atoms. The molecule has 2 rings (SSSR count). The van der Waals surface area contributed by atoms with E-state index in [-0.39, 0.29) is 5.95 Å². The number of nitrogen functional groups attached to an aromatic ring is 1. The summed E-state index contributed by atoms with van der Waals surface area (Å²) in [5, 5.41) is 6.27. The van der Waals surface area contributed by atoms with Crippen molar-refractivity contribution in [1.29, 1.82) is 0 Å². The number of aryl methyl sites for hydroxylation is 1. The van der Waals surface area contributed by atoms with Gasteiger partial charge in [-0.05, 0) is 6.92 Å². The van der Waals surface area contributed by atoms with Crippen LogP contribution in [0.1, 0.15) is 10.7 Å². The molecule has 0 aliphatic rings. The number of thiazole rings is 1. The number of nitrogens with zero attached hydrogens (tertiary/aromatic N) is 5. The number of rotatable bonds is 5. The number of nitrogens with two attached hydrogens (primary N) is 1. The van der Waals surface area contributed by atoms with Crippen LogP contribution in [0.2, 0.25) is 0 Å². The zero-order chi connectivity index (χ0) is 13.8. The third-order valence-electron chi connectivity index (χ3n) is 2.37. The van der Waals surface area contributed by atoms with Crippen LogP contribution in [0, 0.1) is 6.92 Å². The SMILES string of the molecule is Cc1nc(CCNc2nc(N)nc(N(C)C)n2)cs1. The standard InChI is InChI=1S/C11H17N7S/c1-7-14-8(6-19-7)4-5-13-10-15-9(12)16-11(17-10)18(2)3/h6H,4-5H2,1-3H3,(H3,12,13,15,16,17). The molecule has 0 amide bonds. The highest BCUT2D eigenvalue weighted by Crippen LogP contribution is 2.10. The monoisotopic (exact) mass is 279 g/mol. The molecular formula is C11H17N7S. The third-order valence-corrected chi connectivity index (χ3v) is 3.19. The van der Waals surface area contributed by atoms with E-state index < -0.39 is 0 Å². The Labute approximate surface area is 115 Å². The first kappa shape index (κ1) is 13.5. The fraction of sp³-hybridized carbons (Fsp3) is 0.455. The molecule has 0 saturated heterocycles. The van der Waals surface area contributed by atoms with Gasteiger partial charge in [0.15, 0.2) is 0 Å². The molecule has 0 saturated carbocycles. The van der Waals surface area contributed by atoms with Crippen molar-refractivity contribution in [3.63, 3.8) is 0 Å². The minimum atomic E-state index is 0.214. The maximum Gasteiger partial charge on any atom is 0.231 e. The zero-order valence-electron chi connectivity index (χ0n) is 11.2. The van der Waals surface area contributed by atoms with Gasteiger partial charge in [-0.1, -0.05) is 0 Å². The Hall–Kier alpha value is -1.96. The lowest BCUT2D eigenvalue weighted by molar-refractivity contribution is 0.921. The van der Waals surface area contributed by atoms with Crippen LogP contribution in [-0.4, -0.2) is 40.6 Å². The van der Waals surface area contributed by atoms with Gasteiger partial charge in [-0.15, -0.1) is 11.3 Å². The number of aromatic nitrogens is 4. The van der Waals surface area contributed by atoms with Crippen LogP contribution in [0.4, 0.5) is 17.8 Å². The first-order valence-electron chi connectivity index (χ1n) is 5.88. The zero-order valence-corrected chi connectivity index (χ0v) is 12.0. The predicted octanol–water partition coefficient (Wildman–Crippen LogP) is 0.939. The molecule has 2 heterocycles. The Kier molecular flexibility index (Phi) is 4.10. The summed E-state index contributed by atoms with van der Waals surface area (Å²) in [7, 11) is 3.72. The van der Waals surface area contributed by atoms with Gasteiger partial charge < -0.3 is 16.0 Å². The molecule has 0 aliphatic heterocycles. The van der Waals surface area contributed by atoms with Crippen LogP contribution in [-0.2, 0) is 6.42 Å². The highest BCUT2D eigenvalue weighted by Gasteiger charge is 2.06. The number of nitrogens with one attached hydrogen (secondary N) is 1. The molecule has 0 atom stereocenters.